The lowest BCUT2D eigenvalue weighted by Gasteiger charge is -1.83. The Morgan fingerprint density at radius 1 is 1.64 bits per heavy atom. The molecule has 1 N–H and O–H groups in total. The summed E-state index contributed by atoms with van der Waals surface area (Å²) in [6.45, 7) is 1.57. The third kappa shape index (κ3) is 1.39. The molecule has 0 unspecified atom stereocenters. The van der Waals surface area contributed by atoms with Gasteiger partial charge in [-0.2, -0.15) is 0 Å². The van der Waals surface area contributed by atoms with Gasteiger partial charge in [0.2, 0.25) is 5.89 Å². The topological polar surface area (TPSA) is 76.2 Å². The highest BCUT2D eigenvalue weighted by molar-refractivity contribution is 7.13. The van der Waals surface area contributed by atoms with Crippen molar-refractivity contribution in [1.29, 1.82) is 0 Å². The molecule has 0 aliphatic heterocycles. The van der Waals surface area contributed by atoms with E-state index in [-0.39, 0.29) is 5.69 Å². The third-order valence-corrected chi connectivity index (χ3v) is 2.40. The van der Waals surface area contributed by atoms with E-state index in [9.17, 15) is 4.79 Å². The van der Waals surface area contributed by atoms with Crippen LogP contribution in [0, 0.1) is 6.92 Å². The van der Waals surface area contributed by atoms with E-state index < -0.39 is 5.97 Å². The Balaban J connectivity index is 2.48. The van der Waals surface area contributed by atoms with Crippen molar-refractivity contribution in [2.24, 2.45) is 0 Å². The van der Waals surface area contributed by atoms with Gasteiger partial charge in [0.25, 0.3) is 0 Å². The first-order valence-electron chi connectivity index (χ1n) is 3.78. The normalized spacial score (nSPS) is 10.4. The van der Waals surface area contributed by atoms with Crippen LogP contribution in [0.5, 0.6) is 0 Å². The highest BCUT2D eigenvalue weighted by Crippen LogP contribution is 2.24. The molecule has 6 heteroatoms. The highest BCUT2D eigenvalue weighted by Gasteiger charge is 2.17. The van der Waals surface area contributed by atoms with Crippen LogP contribution in [0.1, 0.15) is 16.2 Å². The molecule has 0 bridgehead atoms. The summed E-state index contributed by atoms with van der Waals surface area (Å²) < 4.78 is 5.20. The molecule has 0 fully saturated rings. The fourth-order valence-corrected chi connectivity index (χ4v) is 1.57. The van der Waals surface area contributed by atoms with Crippen LogP contribution in [0.3, 0.4) is 0 Å². The van der Waals surface area contributed by atoms with Gasteiger partial charge in [-0.25, -0.2) is 9.78 Å². The first-order chi connectivity index (χ1) is 6.68. The second kappa shape index (κ2) is 3.22. The van der Waals surface area contributed by atoms with Gasteiger partial charge in [-0.15, -0.1) is 11.3 Å². The molecule has 5 nitrogen and oxygen atoms in total. The molecule has 2 aromatic heterocycles. The second-order valence-electron chi connectivity index (χ2n) is 2.59. The van der Waals surface area contributed by atoms with Gasteiger partial charge in [0, 0.05) is 0 Å². The summed E-state index contributed by atoms with van der Waals surface area (Å²) in [4.78, 5) is 19.1. The Hall–Kier alpha value is -1.69. The monoisotopic (exact) mass is 210 g/mol. The molecule has 0 spiro atoms. The van der Waals surface area contributed by atoms with Crippen molar-refractivity contribution in [1.82, 2.24) is 9.97 Å². The Bertz CT molecular complexity index is 461. The highest BCUT2D eigenvalue weighted by atomic mass is 32.1. The number of carboxylic acid groups (broad SMARTS) is 1. The standard InChI is InChI=1S/C8H6N2O3S/c1-4-6(8(11)12)10-7(13-4)5-2-9-3-14-5/h2-3H,1H3,(H,11,12). The molecular weight excluding hydrogens is 204 g/mol. The number of hydrogen-bond donors (Lipinski definition) is 1. The van der Waals surface area contributed by atoms with Crippen LogP contribution in [0.25, 0.3) is 10.8 Å². The molecule has 72 valence electrons. The molecule has 0 saturated heterocycles. The maximum absolute atomic E-state index is 10.7. The Kier molecular flexibility index (Phi) is 2.05. The Labute approximate surface area is 83.0 Å². The van der Waals surface area contributed by atoms with E-state index in [1.54, 1.807) is 18.6 Å². The molecule has 0 aliphatic carbocycles. The van der Waals surface area contributed by atoms with Gasteiger partial charge in [0.15, 0.2) is 5.69 Å². The number of oxazole rings is 1. The molecule has 0 radical (unpaired) electrons. The second-order valence-corrected chi connectivity index (χ2v) is 3.48. The molecular formula is C8H6N2O3S. The van der Waals surface area contributed by atoms with Crippen molar-refractivity contribution in [2.45, 2.75) is 6.92 Å². The van der Waals surface area contributed by atoms with Gasteiger partial charge in [0.1, 0.15) is 10.6 Å². The van der Waals surface area contributed by atoms with E-state index in [0.717, 1.165) is 4.88 Å². The van der Waals surface area contributed by atoms with Crippen LogP contribution in [0.4, 0.5) is 0 Å². The SMILES string of the molecule is Cc1oc(-c2cncs2)nc1C(=O)O. The van der Waals surface area contributed by atoms with Crippen molar-refractivity contribution in [3.05, 3.63) is 23.2 Å². The van der Waals surface area contributed by atoms with Crippen molar-refractivity contribution in [2.75, 3.05) is 0 Å². The number of aryl methyl sites for hydroxylation is 1. The number of nitrogens with zero attached hydrogens (tertiary/aromatic N) is 2. The van der Waals surface area contributed by atoms with Gasteiger partial charge in [-0.3, -0.25) is 4.98 Å². The van der Waals surface area contributed by atoms with Crippen LogP contribution in [0.2, 0.25) is 0 Å². The van der Waals surface area contributed by atoms with Gasteiger partial charge in [-0.1, -0.05) is 0 Å². The lowest BCUT2D eigenvalue weighted by Crippen LogP contribution is -1.98. The van der Waals surface area contributed by atoms with Crippen LogP contribution in [-0.4, -0.2) is 21.0 Å². The number of thiazole rings is 1. The largest absolute Gasteiger partial charge is 0.476 e. The van der Waals surface area contributed by atoms with Crippen LogP contribution >= 0.6 is 11.3 Å². The average molecular weight is 210 g/mol. The zero-order valence-corrected chi connectivity index (χ0v) is 8.04. The molecule has 2 heterocycles. The van der Waals surface area contributed by atoms with E-state index in [1.807, 2.05) is 0 Å². The van der Waals surface area contributed by atoms with Crippen molar-refractivity contribution >= 4 is 17.3 Å². The van der Waals surface area contributed by atoms with Crippen LogP contribution in [-0.2, 0) is 0 Å². The summed E-state index contributed by atoms with van der Waals surface area (Å²) in [5.74, 6) is -0.467. The summed E-state index contributed by atoms with van der Waals surface area (Å²) in [7, 11) is 0. The number of hydrogen-bond acceptors (Lipinski definition) is 5. The molecule has 2 aromatic rings. The first-order valence-corrected chi connectivity index (χ1v) is 4.66. The number of aromatic carboxylic acids is 1. The third-order valence-electron chi connectivity index (χ3n) is 1.64. The van der Waals surface area contributed by atoms with Gasteiger partial charge in [-0.05, 0) is 6.92 Å². The summed E-state index contributed by atoms with van der Waals surface area (Å²) in [5.41, 5.74) is 1.59. The van der Waals surface area contributed by atoms with E-state index in [4.69, 9.17) is 9.52 Å². The number of aromatic nitrogens is 2. The van der Waals surface area contributed by atoms with Crippen LogP contribution < -0.4 is 0 Å². The van der Waals surface area contributed by atoms with Gasteiger partial charge >= 0.3 is 5.97 Å². The number of carboxylic acids is 1. The maximum atomic E-state index is 10.7. The molecule has 0 saturated carbocycles. The van der Waals surface area contributed by atoms with Crippen molar-refractivity contribution in [3.63, 3.8) is 0 Å². The predicted octanol–water partition coefficient (Wildman–Crippen LogP) is 1.80. The van der Waals surface area contributed by atoms with Crippen molar-refractivity contribution in [3.8, 4) is 10.8 Å². The van der Waals surface area contributed by atoms with Crippen molar-refractivity contribution < 1.29 is 14.3 Å². The Morgan fingerprint density at radius 2 is 2.43 bits per heavy atom. The summed E-state index contributed by atoms with van der Waals surface area (Å²) >= 11 is 1.35. The molecule has 0 aromatic carbocycles. The zero-order valence-electron chi connectivity index (χ0n) is 7.22. The van der Waals surface area contributed by atoms with Gasteiger partial charge < -0.3 is 9.52 Å². The minimum Gasteiger partial charge on any atom is -0.476 e. The zero-order chi connectivity index (χ0) is 10.1. The average Bonchev–Trinajstić information content (AvgIpc) is 2.70. The van der Waals surface area contributed by atoms with E-state index in [0.29, 0.717) is 11.7 Å². The Morgan fingerprint density at radius 3 is 2.93 bits per heavy atom. The van der Waals surface area contributed by atoms with E-state index >= 15 is 0 Å². The molecule has 0 amide bonds. The van der Waals surface area contributed by atoms with E-state index in [2.05, 4.69) is 9.97 Å². The molecule has 0 aliphatic rings. The molecule has 2 rings (SSSR count). The minimum absolute atomic E-state index is 0.0478. The fraction of sp³-hybridized carbons (Fsp3) is 0.125. The van der Waals surface area contributed by atoms with Crippen LogP contribution in [0.15, 0.2) is 16.1 Å². The maximum Gasteiger partial charge on any atom is 0.358 e. The lowest BCUT2D eigenvalue weighted by molar-refractivity contribution is 0.0689. The van der Waals surface area contributed by atoms with E-state index in [1.165, 1.54) is 11.3 Å². The minimum atomic E-state index is -1.08. The predicted molar refractivity (Wildman–Crippen MR) is 49.3 cm³/mol. The number of rotatable bonds is 2. The summed E-state index contributed by atoms with van der Waals surface area (Å²) in [6.07, 6.45) is 1.58. The lowest BCUT2D eigenvalue weighted by atomic mass is 10.4. The molecule has 0 atom stereocenters. The fourth-order valence-electron chi connectivity index (χ4n) is 1.02. The van der Waals surface area contributed by atoms with Gasteiger partial charge in [0.05, 0.1) is 11.7 Å². The quantitative estimate of drug-likeness (QED) is 0.817. The first kappa shape index (κ1) is 8.89. The summed E-state index contributed by atoms with van der Waals surface area (Å²) in [5, 5.41) is 8.74. The molecule has 14 heavy (non-hydrogen) atoms. The summed E-state index contributed by atoms with van der Waals surface area (Å²) in [6, 6.07) is 0. The smallest absolute Gasteiger partial charge is 0.358 e. The number of carbonyl (C=O) groups is 1.